The van der Waals surface area contributed by atoms with E-state index in [9.17, 15) is 9.18 Å². The van der Waals surface area contributed by atoms with E-state index < -0.39 is 0 Å². The zero-order valence-corrected chi connectivity index (χ0v) is 12.2. The molecular weight excluding hydrogens is 269 g/mol. The topological polar surface area (TPSA) is 44.4 Å². The third-order valence-corrected chi connectivity index (χ3v) is 4.60. The Hall–Kier alpha value is -1.62. The summed E-state index contributed by atoms with van der Waals surface area (Å²) in [5.41, 5.74) is 0.888. The third-order valence-electron chi connectivity index (χ3n) is 4.60. The molecular formula is C16H22FN3O. The Bertz CT molecular complexity index is 491. The maximum atomic E-state index is 12.9. The van der Waals surface area contributed by atoms with Crippen molar-refractivity contribution in [3.8, 4) is 0 Å². The van der Waals surface area contributed by atoms with Crippen LogP contribution in [-0.4, -0.2) is 37.1 Å². The molecule has 4 nitrogen and oxygen atoms in total. The van der Waals surface area contributed by atoms with Crippen molar-refractivity contribution < 1.29 is 9.18 Å². The fourth-order valence-corrected chi connectivity index (χ4v) is 3.50. The quantitative estimate of drug-likeness (QED) is 0.835. The van der Waals surface area contributed by atoms with Gasteiger partial charge >= 0.3 is 6.03 Å². The van der Waals surface area contributed by atoms with Crippen molar-refractivity contribution in [2.45, 2.75) is 25.7 Å². The number of carbonyl (C=O) groups excluding carboxylic acids is 1. The zero-order valence-electron chi connectivity index (χ0n) is 12.2. The van der Waals surface area contributed by atoms with Gasteiger partial charge in [0, 0.05) is 30.7 Å². The lowest BCUT2D eigenvalue weighted by Crippen LogP contribution is -2.53. The molecule has 0 radical (unpaired) electrons. The number of nitrogens with zero attached hydrogens (tertiary/aromatic N) is 1. The van der Waals surface area contributed by atoms with Gasteiger partial charge in [-0.05, 0) is 56.5 Å². The monoisotopic (exact) mass is 291 g/mol. The van der Waals surface area contributed by atoms with Crippen LogP contribution in [-0.2, 0) is 0 Å². The Kier molecular flexibility index (Phi) is 4.10. The maximum absolute atomic E-state index is 12.9. The van der Waals surface area contributed by atoms with Crippen LogP contribution in [0.25, 0.3) is 0 Å². The van der Waals surface area contributed by atoms with Crippen LogP contribution < -0.4 is 10.6 Å². The normalized spacial score (nSPS) is 25.9. The summed E-state index contributed by atoms with van der Waals surface area (Å²) in [6.07, 6.45) is 4.63. The number of amides is 2. The van der Waals surface area contributed by atoms with Crippen molar-refractivity contribution in [3.63, 3.8) is 0 Å². The molecule has 2 N–H and O–H groups in total. The van der Waals surface area contributed by atoms with Crippen molar-refractivity contribution in [2.24, 2.45) is 5.41 Å². The number of urea groups is 1. The van der Waals surface area contributed by atoms with E-state index >= 15 is 0 Å². The van der Waals surface area contributed by atoms with Gasteiger partial charge in [-0.3, -0.25) is 0 Å². The third kappa shape index (κ3) is 3.35. The van der Waals surface area contributed by atoms with Gasteiger partial charge in [0.25, 0.3) is 0 Å². The van der Waals surface area contributed by atoms with E-state index in [4.69, 9.17) is 0 Å². The Morgan fingerprint density at radius 2 is 2.00 bits per heavy atom. The second-order valence-electron chi connectivity index (χ2n) is 6.24. The zero-order chi connectivity index (χ0) is 14.7. The number of nitrogens with one attached hydrogen (secondary N) is 2. The van der Waals surface area contributed by atoms with Crippen molar-refractivity contribution in [1.82, 2.24) is 10.2 Å². The number of halogens is 1. The highest BCUT2D eigenvalue weighted by Crippen LogP contribution is 2.36. The summed E-state index contributed by atoms with van der Waals surface area (Å²) in [6, 6.07) is 5.83. The number of carbonyl (C=O) groups is 1. The summed E-state index contributed by atoms with van der Waals surface area (Å²) < 4.78 is 12.9. The summed E-state index contributed by atoms with van der Waals surface area (Å²) >= 11 is 0. The van der Waals surface area contributed by atoms with Crippen molar-refractivity contribution >= 4 is 11.7 Å². The van der Waals surface area contributed by atoms with Crippen molar-refractivity contribution in [2.75, 3.05) is 31.5 Å². The highest BCUT2D eigenvalue weighted by atomic mass is 19.1. The number of benzene rings is 1. The van der Waals surface area contributed by atoms with Gasteiger partial charge in [-0.1, -0.05) is 0 Å². The maximum Gasteiger partial charge on any atom is 0.321 e. The Morgan fingerprint density at radius 1 is 1.24 bits per heavy atom. The van der Waals surface area contributed by atoms with E-state index in [0.717, 1.165) is 32.6 Å². The molecule has 2 saturated heterocycles. The summed E-state index contributed by atoms with van der Waals surface area (Å²) in [6.45, 7) is 3.71. The molecule has 3 rings (SSSR count). The van der Waals surface area contributed by atoms with Crippen LogP contribution >= 0.6 is 0 Å². The molecule has 2 aliphatic rings. The lowest BCUT2D eigenvalue weighted by molar-refractivity contribution is 0.0861. The van der Waals surface area contributed by atoms with Gasteiger partial charge in [0.2, 0.25) is 0 Å². The summed E-state index contributed by atoms with van der Waals surface area (Å²) in [5.74, 6) is -0.293. The van der Waals surface area contributed by atoms with E-state index in [1.165, 1.54) is 31.4 Å². The average Bonchev–Trinajstić information content (AvgIpc) is 2.50. The predicted molar refractivity (Wildman–Crippen MR) is 80.8 cm³/mol. The minimum atomic E-state index is -0.293. The molecule has 2 aliphatic heterocycles. The molecule has 0 saturated carbocycles. The van der Waals surface area contributed by atoms with Gasteiger partial charge < -0.3 is 15.5 Å². The predicted octanol–water partition coefficient (Wildman–Crippen LogP) is 2.82. The van der Waals surface area contributed by atoms with E-state index in [0.29, 0.717) is 5.69 Å². The highest BCUT2D eigenvalue weighted by molar-refractivity contribution is 5.89. The Labute approximate surface area is 124 Å². The highest BCUT2D eigenvalue weighted by Gasteiger charge is 2.37. The number of piperidine rings is 2. The SMILES string of the molecule is O=C(Nc1ccc(F)cc1)N1CCCC2(CCCNC2)C1. The first-order chi connectivity index (χ1) is 10.2. The minimum absolute atomic E-state index is 0.0775. The average molecular weight is 291 g/mol. The number of hydrogen-bond donors (Lipinski definition) is 2. The molecule has 0 aliphatic carbocycles. The van der Waals surface area contributed by atoms with E-state index in [2.05, 4.69) is 10.6 Å². The number of likely N-dealkylation sites (tertiary alicyclic amines) is 1. The first-order valence-electron chi connectivity index (χ1n) is 7.69. The molecule has 2 heterocycles. The Morgan fingerprint density at radius 3 is 2.71 bits per heavy atom. The first-order valence-corrected chi connectivity index (χ1v) is 7.69. The fourth-order valence-electron chi connectivity index (χ4n) is 3.50. The van der Waals surface area contributed by atoms with Gasteiger partial charge in [-0.2, -0.15) is 0 Å². The summed E-state index contributed by atoms with van der Waals surface area (Å²) in [7, 11) is 0. The molecule has 1 unspecified atom stereocenters. The fraction of sp³-hybridized carbons (Fsp3) is 0.562. The van der Waals surface area contributed by atoms with Gasteiger partial charge in [0.15, 0.2) is 0 Å². The summed E-state index contributed by atoms with van der Waals surface area (Å²) in [5, 5.41) is 6.32. The molecule has 21 heavy (non-hydrogen) atoms. The van der Waals surface area contributed by atoms with Crippen molar-refractivity contribution in [3.05, 3.63) is 30.1 Å². The molecule has 2 amide bonds. The number of anilines is 1. The standard InChI is InChI=1S/C16H22FN3O/c17-13-3-5-14(6-4-13)19-15(21)20-10-2-8-16(12-20)7-1-9-18-11-16/h3-6,18H,1-2,7-12H2,(H,19,21). The van der Waals surface area contributed by atoms with Crippen LogP contribution in [0.4, 0.5) is 14.9 Å². The van der Waals surface area contributed by atoms with Crippen LogP contribution in [0.2, 0.25) is 0 Å². The van der Waals surface area contributed by atoms with Crippen LogP contribution in [0.3, 0.4) is 0 Å². The van der Waals surface area contributed by atoms with Gasteiger partial charge in [0.05, 0.1) is 0 Å². The molecule has 1 aromatic rings. The lowest BCUT2D eigenvalue weighted by atomic mass is 9.74. The molecule has 114 valence electrons. The molecule has 1 atom stereocenters. The summed E-state index contributed by atoms with van der Waals surface area (Å²) in [4.78, 5) is 14.3. The number of rotatable bonds is 1. The van der Waals surface area contributed by atoms with E-state index in [1.54, 1.807) is 12.1 Å². The first kappa shape index (κ1) is 14.3. The molecule has 5 heteroatoms. The van der Waals surface area contributed by atoms with Gasteiger partial charge in [-0.25, -0.2) is 9.18 Å². The minimum Gasteiger partial charge on any atom is -0.324 e. The molecule has 1 spiro atoms. The molecule has 0 bridgehead atoms. The lowest BCUT2D eigenvalue weighted by Gasteiger charge is -2.45. The molecule has 0 aromatic heterocycles. The molecule has 1 aromatic carbocycles. The van der Waals surface area contributed by atoms with Crippen LogP contribution in [0, 0.1) is 11.2 Å². The van der Waals surface area contributed by atoms with Crippen LogP contribution in [0.15, 0.2) is 24.3 Å². The molecule has 2 fully saturated rings. The van der Waals surface area contributed by atoms with Crippen LogP contribution in [0.5, 0.6) is 0 Å². The second-order valence-corrected chi connectivity index (χ2v) is 6.24. The smallest absolute Gasteiger partial charge is 0.321 e. The van der Waals surface area contributed by atoms with E-state index in [-0.39, 0.29) is 17.3 Å². The van der Waals surface area contributed by atoms with Gasteiger partial charge in [0.1, 0.15) is 5.82 Å². The second kappa shape index (κ2) is 6.02. The largest absolute Gasteiger partial charge is 0.324 e. The Balaban J connectivity index is 1.62. The number of hydrogen-bond acceptors (Lipinski definition) is 2. The van der Waals surface area contributed by atoms with E-state index in [1.807, 2.05) is 4.90 Å². The van der Waals surface area contributed by atoms with Crippen LogP contribution in [0.1, 0.15) is 25.7 Å². The van der Waals surface area contributed by atoms with Gasteiger partial charge in [-0.15, -0.1) is 0 Å². The van der Waals surface area contributed by atoms with Crippen molar-refractivity contribution in [1.29, 1.82) is 0 Å².